The van der Waals surface area contributed by atoms with Crippen molar-refractivity contribution in [3.63, 3.8) is 0 Å². The number of hydrogen-bond donors (Lipinski definition) is 1. The van der Waals surface area contributed by atoms with E-state index in [1.807, 2.05) is 18.7 Å². The Bertz CT molecular complexity index is 331. The first-order valence-corrected chi connectivity index (χ1v) is 7.16. The summed E-state index contributed by atoms with van der Waals surface area (Å²) < 4.78 is 11.3. The van der Waals surface area contributed by atoms with Crippen LogP contribution in [0.15, 0.2) is 0 Å². The van der Waals surface area contributed by atoms with Crippen LogP contribution in [-0.2, 0) is 14.3 Å². The van der Waals surface area contributed by atoms with Crippen LogP contribution in [-0.4, -0.2) is 60.0 Å². The second kappa shape index (κ2) is 5.77. The lowest BCUT2D eigenvalue weighted by atomic mass is 9.96. The van der Waals surface area contributed by atoms with Crippen molar-refractivity contribution in [3.8, 4) is 0 Å². The Balaban J connectivity index is 2.05. The summed E-state index contributed by atoms with van der Waals surface area (Å²) in [6, 6.07) is 0. The van der Waals surface area contributed by atoms with Crippen LogP contribution in [0.4, 0.5) is 0 Å². The Morgan fingerprint density at radius 2 is 2.21 bits per heavy atom. The smallest absolute Gasteiger partial charge is 0.228 e. The summed E-state index contributed by atoms with van der Waals surface area (Å²) in [5, 5.41) is 9.30. The minimum atomic E-state index is -0.400. The first-order chi connectivity index (χ1) is 8.96. The normalized spacial score (nSPS) is 34.5. The summed E-state index contributed by atoms with van der Waals surface area (Å²) >= 11 is 0. The van der Waals surface area contributed by atoms with Crippen molar-refractivity contribution >= 4 is 5.91 Å². The van der Waals surface area contributed by atoms with Gasteiger partial charge in [-0.2, -0.15) is 0 Å². The number of ether oxygens (including phenoxy) is 2. The van der Waals surface area contributed by atoms with E-state index in [0.717, 1.165) is 12.8 Å². The molecule has 2 fully saturated rings. The Morgan fingerprint density at radius 1 is 1.47 bits per heavy atom. The van der Waals surface area contributed by atoms with Gasteiger partial charge in [-0.25, -0.2) is 0 Å². The number of morpholine rings is 1. The van der Waals surface area contributed by atoms with Crippen molar-refractivity contribution in [2.75, 3.05) is 26.3 Å². The Labute approximate surface area is 114 Å². The molecule has 110 valence electrons. The number of carbonyl (C=O) groups is 1. The van der Waals surface area contributed by atoms with Crippen LogP contribution in [0.2, 0.25) is 0 Å². The van der Waals surface area contributed by atoms with Crippen LogP contribution in [0, 0.1) is 5.92 Å². The molecule has 2 aliphatic rings. The molecule has 0 aromatic heterocycles. The van der Waals surface area contributed by atoms with Gasteiger partial charge in [0, 0.05) is 19.7 Å². The first-order valence-electron chi connectivity index (χ1n) is 7.16. The number of hydrogen-bond acceptors (Lipinski definition) is 4. The van der Waals surface area contributed by atoms with Gasteiger partial charge in [-0.1, -0.05) is 6.92 Å². The van der Waals surface area contributed by atoms with Crippen LogP contribution in [0.5, 0.6) is 0 Å². The van der Waals surface area contributed by atoms with Crippen LogP contribution in [0.1, 0.15) is 33.6 Å². The van der Waals surface area contributed by atoms with Crippen molar-refractivity contribution in [2.24, 2.45) is 5.92 Å². The second-order valence-electron chi connectivity index (χ2n) is 6.11. The fourth-order valence-corrected chi connectivity index (χ4v) is 3.13. The second-order valence-corrected chi connectivity index (χ2v) is 6.11. The lowest BCUT2D eigenvalue weighted by Crippen LogP contribution is -2.57. The molecule has 0 spiro atoms. The summed E-state index contributed by atoms with van der Waals surface area (Å²) in [5.74, 6) is 0.123. The summed E-state index contributed by atoms with van der Waals surface area (Å²) in [5.41, 5.74) is -0.400. The van der Waals surface area contributed by atoms with E-state index >= 15 is 0 Å². The third kappa shape index (κ3) is 3.27. The maximum atomic E-state index is 12.6. The predicted octanol–water partition coefficient (Wildman–Crippen LogP) is 0.800. The molecule has 2 heterocycles. The first kappa shape index (κ1) is 14.8. The zero-order chi connectivity index (χ0) is 14.0. The van der Waals surface area contributed by atoms with Gasteiger partial charge in [0.2, 0.25) is 5.91 Å². The molecule has 5 nitrogen and oxygen atoms in total. The van der Waals surface area contributed by atoms with Crippen LogP contribution >= 0.6 is 0 Å². The van der Waals surface area contributed by atoms with E-state index in [9.17, 15) is 9.90 Å². The highest BCUT2D eigenvalue weighted by atomic mass is 16.5. The molecular weight excluding hydrogens is 246 g/mol. The number of aliphatic hydroxyl groups excluding tert-OH is 1. The van der Waals surface area contributed by atoms with Gasteiger partial charge in [-0.15, -0.1) is 0 Å². The minimum Gasteiger partial charge on any atom is -0.394 e. The monoisotopic (exact) mass is 271 g/mol. The third-order valence-electron chi connectivity index (χ3n) is 3.93. The molecule has 2 aliphatic heterocycles. The average molecular weight is 271 g/mol. The molecule has 0 aliphatic carbocycles. The maximum Gasteiger partial charge on any atom is 0.228 e. The molecule has 3 atom stereocenters. The lowest BCUT2D eigenvalue weighted by Gasteiger charge is -2.43. The zero-order valence-corrected chi connectivity index (χ0v) is 12.1. The zero-order valence-electron chi connectivity index (χ0n) is 12.1. The molecule has 19 heavy (non-hydrogen) atoms. The van der Waals surface area contributed by atoms with Gasteiger partial charge in [-0.05, 0) is 26.7 Å². The molecule has 0 aromatic carbocycles. The van der Waals surface area contributed by atoms with Crippen molar-refractivity contribution in [1.82, 2.24) is 4.90 Å². The van der Waals surface area contributed by atoms with E-state index in [2.05, 4.69) is 6.92 Å². The van der Waals surface area contributed by atoms with Gasteiger partial charge in [0.1, 0.15) is 0 Å². The van der Waals surface area contributed by atoms with E-state index in [4.69, 9.17) is 9.47 Å². The Hall–Kier alpha value is -0.650. The Kier molecular flexibility index (Phi) is 4.48. The predicted molar refractivity (Wildman–Crippen MR) is 70.8 cm³/mol. The molecule has 5 heteroatoms. The van der Waals surface area contributed by atoms with Gasteiger partial charge in [-0.3, -0.25) is 4.79 Å². The average Bonchev–Trinajstić information content (AvgIpc) is 2.84. The van der Waals surface area contributed by atoms with Crippen molar-refractivity contribution in [1.29, 1.82) is 0 Å². The summed E-state index contributed by atoms with van der Waals surface area (Å²) in [4.78, 5) is 14.5. The van der Waals surface area contributed by atoms with Crippen molar-refractivity contribution in [3.05, 3.63) is 0 Å². The highest BCUT2D eigenvalue weighted by Crippen LogP contribution is 2.28. The molecule has 3 unspecified atom stereocenters. The number of carbonyl (C=O) groups excluding carboxylic acids is 1. The molecule has 0 radical (unpaired) electrons. The third-order valence-corrected chi connectivity index (χ3v) is 3.93. The molecule has 0 bridgehead atoms. The highest BCUT2D eigenvalue weighted by molar-refractivity contribution is 5.80. The van der Waals surface area contributed by atoms with Crippen LogP contribution in [0.25, 0.3) is 0 Å². The largest absolute Gasteiger partial charge is 0.394 e. The molecule has 2 saturated heterocycles. The number of rotatable bonds is 3. The quantitative estimate of drug-likeness (QED) is 0.825. The molecule has 1 amide bonds. The summed E-state index contributed by atoms with van der Waals surface area (Å²) in [6.07, 6.45) is 1.44. The maximum absolute atomic E-state index is 12.6. The van der Waals surface area contributed by atoms with Gasteiger partial charge in [0.15, 0.2) is 0 Å². The van der Waals surface area contributed by atoms with Gasteiger partial charge >= 0.3 is 0 Å². The molecule has 2 rings (SSSR count). The summed E-state index contributed by atoms with van der Waals surface area (Å²) in [6.45, 7) is 7.64. The fraction of sp³-hybridized carbons (Fsp3) is 0.929. The van der Waals surface area contributed by atoms with Crippen molar-refractivity contribution < 1.29 is 19.4 Å². The van der Waals surface area contributed by atoms with E-state index in [1.165, 1.54) is 0 Å². The molecule has 1 N–H and O–H groups in total. The van der Waals surface area contributed by atoms with E-state index in [0.29, 0.717) is 19.7 Å². The van der Waals surface area contributed by atoms with Crippen molar-refractivity contribution in [2.45, 2.75) is 51.4 Å². The minimum absolute atomic E-state index is 0.0294. The lowest BCUT2D eigenvalue weighted by molar-refractivity contribution is -0.171. The van der Waals surface area contributed by atoms with E-state index in [1.54, 1.807) is 0 Å². The number of aliphatic hydroxyl groups is 1. The van der Waals surface area contributed by atoms with E-state index in [-0.39, 0.29) is 30.6 Å². The molecule has 0 saturated carbocycles. The number of nitrogens with zero attached hydrogens (tertiary/aromatic N) is 1. The van der Waals surface area contributed by atoms with Gasteiger partial charge in [0.25, 0.3) is 0 Å². The standard InChI is InChI=1S/C14H25NO4/c1-4-12-11(5-6-18-12)13(17)15-7-10(8-16)19-14(2,3)9-15/h10-12,16H,4-9H2,1-3H3. The topological polar surface area (TPSA) is 59.0 Å². The Morgan fingerprint density at radius 3 is 2.84 bits per heavy atom. The van der Waals surface area contributed by atoms with Gasteiger partial charge < -0.3 is 19.5 Å². The number of amides is 1. The highest BCUT2D eigenvalue weighted by Gasteiger charge is 2.41. The summed E-state index contributed by atoms with van der Waals surface area (Å²) in [7, 11) is 0. The fourth-order valence-electron chi connectivity index (χ4n) is 3.13. The SMILES string of the molecule is CCC1OCCC1C(=O)N1CC(CO)OC(C)(C)C1. The molecule has 0 aromatic rings. The van der Waals surface area contributed by atoms with Gasteiger partial charge in [0.05, 0.1) is 30.3 Å². The van der Waals surface area contributed by atoms with Crippen LogP contribution in [0.3, 0.4) is 0 Å². The van der Waals surface area contributed by atoms with E-state index < -0.39 is 5.60 Å². The molecular formula is C14H25NO4. The van der Waals surface area contributed by atoms with Crippen LogP contribution < -0.4 is 0 Å².